The Balaban J connectivity index is 2.00. The molecule has 0 aliphatic heterocycles. The molecule has 0 saturated heterocycles. The zero-order chi connectivity index (χ0) is 21.9. The normalized spacial score (nSPS) is 22.8. The van der Waals surface area contributed by atoms with E-state index < -0.39 is 5.97 Å². The molecule has 1 aromatic heterocycles. The van der Waals surface area contributed by atoms with Crippen LogP contribution < -0.4 is 4.90 Å². The second-order valence-corrected chi connectivity index (χ2v) is 10.7. The Hall–Kier alpha value is -1.84. The molecule has 2 aliphatic rings. The molecule has 1 heterocycles. The highest BCUT2D eigenvalue weighted by atomic mass is 32.1. The van der Waals surface area contributed by atoms with Gasteiger partial charge in [0, 0.05) is 17.4 Å². The van der Waals surface area contributed by atoms with Crippen LogP contribution in [0.25, 0.3) is 0 Å². The first-order valence-electron chi connectivity index (χ1n) is 11.1. The van der Waals surface area contributed by atoms with Crippen LogP contribution in [0, 0.1) is 23.2 Å². The van der Waals surface area contributed by atoms with E-state index in [-0.39, 0.29) is 34.3 Å². The van der Waals surface area contributed by atoms with Gasteiger partial charge in [0.2, 0.25) is 5.91 Å². The van der Waals surface area contributed by atoms with E-state index in [9.17, 15) is 19.8 Å². The first-order chi connectivity index (χ1) is 14.2. The number of hydrogen-bond donors (Lipinski definition) is 2. The van der Waals surface area contributed by atoms with Crippen molar-refractivity contribution in [2.45, 2.75) is 90.7 Å². The summed E-state index contributed by atoms with van der Waals surface area (Å²) >= 11 is 1.15. The van der Waals surface area contributed by atoms with Crippen molar-refractivity contribution in [3.05, 3.63) is 15.8 Å². The van der Waals surface area contributed by atoms with Crippen molar-refractivity contribution < 1.29 is 19.8 Å². The second kappa shape index (κ2) is 9.53. The molecule has 2 aliphatic carbocycles. The molecule has 1 aromatic rings. The number of thiophene rings is 1. The summed E-state index contributed by atoms with van der Waals surface area (Å²) in [6.07, 6.45) is 7.32. The van der Waals surface area contributed by atoms with Crippen LogP contribution in [0.3, 0.4) is 0 Å². The Morgan fingerprint density at radius 3 is 2.27 bits per heavy atom. The zero-order valence-electron chi connectivity index (χ0n) is 18.2. The van der Waals surface area contributed by atoms with E-state index >= 15 is 0 Å². The maximum atomic E-state index is 13.6. The number of carbonyl (C=O) groups is 2. The van der Waals surface area contributed by atoms with Gasteiger partial charge in [0.25, 0.3) is 0 Å². The van der Waals surface area contributed by atoms with Crippen LogP contribution in [0.15, 0.2) is 6.07 Å². The van der Waals surface area contributed by atoms with Crippen LogP contribution in [0.1, 0.15) is 93.1 Å². The molecule has 5 nitrogen and oxygen atoms in total. The Morgan fingerprint density at radius 2 is 1.70 bits per heavy atom. The van der Waals surface area contributed by atoms with Gasteiger partial charge in [-0.2, -0.15) is 0 Å². The van der Waals surface area contributed by atoms with Crippen molar-refractivity contribution >= 4 is 28.9 Å². The molecule has 0 atom stereocenters. The summed E-state index contributed by atoms with van der Waals surface area (Å²) in [5.41, 5.74) is 0.299. The minimum absolute atomic E-state index is 0.0451. The van der Waals surface area contributed by atoms with Gasteiger partial charge in [-0.1, -0.05) is 31.1 Å². The Kier molecular flexibility index (Phi) is 7.26. The van der Waals surface area contributed by atoms with Gasteiger partial charge in [-0.15, -0.1) is 11.3 Å². The number of hydrogen-bond acceptors (Lipinski definition) is 4. The molecule has 2 saturated carbocycles. The van der Waals surface area contributed by atoms with E-state index in [0.717, 1.165) is 43.4 Å². The van der Waals surface area contributed by atoms with Crippen molar-refractivity contribution in [1.82, 2.24) is 0 Å². The molecule has 1 amide bonds. The maximum Gasteiger partial charge on any atom is 0.348 e. The number of anilines is 1. The monoisotopic (exact) mass is 431 g/mol. The van der Waals surface area contributed by atoms with Crippen molar-refractivity contribution in [2.75, 3.05) is 4.90 Å². The van der Waals surface area contributed by atoms with Crippen molar-refractivity contribution in [1.29, 1.82) is 0 Å². The predicted molar refractivity (Wildman–Crippen MR) is 120 cm³/mol. The number of carboxylic acids is 1. The van der Waals surface area contributed by atoms with Gasteiger partial charge < -0.3 is 15.1 Å². The Bertz CT molecular complexity index is 828. The zero-order valence-corrected chi connectivity index (χ0v) is 19.1. The average Bonchev–Trinajstić information content (AvgIpc) is 3.12. The van der Waals surface area contributed by atoms with Crippen LogP contribution in [-0.4, -0.2) is 34.2 Å². The molecule has 164 valence electrons. The molecule has 6 heteroatoms. The number of carboxylic acid groups (broad SMARTS) is 1. The predicted octanol–water partition coefficient (Wildman–Crippen LogP) is 5.06. The van der Waals surface area contributed by atoms with Crippen LogP contribution in [0.5, 0.6) is 0 Å². The molecule has 2 N–H and O–H groups in total. The molecule has 0 bridgehead atoms. The van der Waals surface area contributed by atoms with Crippen molar-refractivity contribution in [2.24, 2.45) is 11.3 Å². The fourth-order valence-electron chi connectivity index (χ4n) is 4.38. The molecular formula is C24H33NO4S. The van der Waals surface area contributed by atoms with Gasteiger partial charge in [0.15, 0.2) is 0 Å². The number of carbonyl (C=O) groups excluding carboxylic acids is 1. The molecule has 30 heavy (non-hydrogen) atoms. The standard InChI is InChI=1S/C24H33NO4S/c1-24(2,3)14-13-19-15-20(21(30-19)23(28)29)25(17-9-11-18(26)12-10-17)22(27)16-7-5-4-6-8-16/h15-18,26H,4-12H2,1-3H3,(H,28,29)/t17-,18+. The summed E-state index contributed by atoms with van der Waals surface area (Å²) in [6.45, 7) is 6.04. The Morgan fingerprint density at radius 1 is 1.07 bits per heavy atom. The average molecular weight is 432 g/mol. The summed E-state index contributed by atoms with van der Waals surface area (Å²) < 4.78 is 0. The molecule has 0 radical (unpaired) electrons. The van der Waals surface area contributed by atoms with E-state index in [1.165, 1.54) is 0 Å². The second-order valence-electron chi connectivity index (χ2n) is 9.64. The minimum Gasteiger partial charge on any atom is -0.477 e. The lowest BCUT2D eigenvalue weighted by Gasteiger charge is -2.38. The van der Waals surface area contributed by atoms with Gasteiger partial charge in [-0.05, 0) is 65.4 Å². The number of nitrogens with zero attached hydrogens (tertiary/aromatic N) is 1. The van der Waals surface area contributed by atoms with Crippen LogP contribution in [0.2, 0.25) is 0 Å². The van der Waals surface area contributed by atoms with E-state index in [4.69, 9.17) is 0 Å². The number of aromatic carboxylic acids is 1. The highest BCUT2D eigenvalue weighted by Crippen LogP contribution is 2.38. The van der Waals surface area contributed by atoms with Crippen LogP contribution in [0.4, 0.5) is 5.69 Å². The molecule has 2 fully saturated rings. The van der Waals surface area contributed by atoms with Crippen molar-refractivity contribution in [3.8, 4) is 11.8 Å². The van der Waals surface area contributed by atoms with Gasteiger partial charge in [-0.25, -0.2) is 4.79 Å². The van der Waals surface area contributed by atoms with E-state index in [1.54, 1.807) is 11.0 Å². The molecule has 0 aromatic carbocycles. The van der Waals surface area contributed by atoms with Gasteiger partial charge in [0.1, 0.15) is 4.88 Å². The Labute approximate surface area is 183 Å². The summed E-state index contributed by atoms with van der Waals surface area (Å²) in [5.74, 6) is 5.26. The third-order valence-electron chi connectivity index (χ3n) is 5.95. The highest BCUT2D eigenvalue weighted by molar-refractivity contribution is 7.15. The third kappa shape index (κ3) is 5.65. The lowest BCUT2D eigenvalue weighted by atomic mass is 9.86. The minimum atomic E-state index is -1.02. The molecule has 3 rings (SSSR count). The highest BCUT2D eigenvalue weighted by Gasteiger charge is 2.36. The number of aliphatic hydroxyl groups excluding tert-OH is 1. The SMILES string of the molecule is CC(C)(C)C#Cc1cc(N(C(=O)C2CCCCC2)[C@H]2CC[C@@H](O)CC2)c(C(=O)O)s1. The van der Waals surface area contributed by atoms with Crippen LogP contribution in [-0.2, 0) is 4.79 Å². The maximum absolute atomic E-state index is 13.6. The molecular weight excluding hydrogens is 398 g/mol. The fraction of sp³-hybridized carbons (Fsp3) is 0.667. The first-order valence-corrected chi connectivity index (χ1v) is 11.9. The molecule has 0 spiro atoms. The lowest BCUT2D eigenvalue weighted by molar-refractivity contribution is -0.124. The summed E-state index contributed by atoms with van der Waals surface area (Å²) in [7, 11) is 0. The summed E-state index contributed by atoms with van der Waals surface area (Å²) in [5, 5.41) is 19.8. The molecule has 0 unspecified atom stereocenters. The van der Waals surface area contributed by atoms with Gasteiger partial charge >= 0.3 is 5.97 Å². The quantitative estimate of drug-likeness (QED) is 0.653. The largest absolute Gasteiger partial charge is 0.477 e. The topological polar surface area (TPSA) is 77.8 Å². The van der Waals surface area contributed by atoms with Crippen LogP contribution >= 0.6 is 11.3 Å². The summed E-state index contributed by atoms with van der Waals surface area (Å²) in [6, 6.07) is 1.72. The fourth-order valence-corrected chi connectivity index (χ4v) is 5.22. The van der Waals surface area contributed by atoms with E-state index in [1.807, 2.05) is 20.8 Å². The van der Waals surface area contributed by atoms with Crippen molar-refractivity contribution in [3.63, 3.8) is 0 Å². The smallest absolute Gasteiger partial charge is 0.348 e. The lowest BCUT2D eigenvalue weighted by Crippen LogP contribution is -2.46. The van der Waals surface area contributed by atoms with Gasteiger partial charge in [-0.3, -0.25) is 4.79 Å². The summed E-state index contributed by atoms with van der Waals surface area (Å²) in [4.78, 5) is 28.3. The number of aliphatic hydroxyl groups is 1. The first kappa shape index (κ1) is 22.8. The van der Waals surface area contributed by atoms with Gasteiger partial charge in [0.05, 0.1) is 16.7 Å². The number of amides is 1. The van der Waals surface area contributed by atoms with E-state index in [2.05, 4.69) is 11.8 Å². The number of rotatable bonds is 4. The third-order valence-corrected chi connectivity index (χ3v) is 6.98. The van der Waals surface area contributed by atoms with E-state index in [0.29, 0.717) is 36.2 Å².